The average molecular weight is 417 g/mol. The summed E-state index contributed by atoms with van der Waals surface area (Å²) in [5.41, 5.74) is 1.84. The highest BCUT2D eigenvalue weighted by Gasteiger charge is 2.37. The number of carbonyl (C=O) groups excluding carboxylic acids is 4. The van der Waals surface area contributed by atoms with Crippen molar-refractivity contribution >= 4 is 29.3 Å². The molecule has 0 N–H and O–H groups in total. The van der Waals surface area contributed by atoms with E-state index in [1.807, 2.05) is 6.92 Å². The number of aryl methyl sites for hydroxylation is 1. The highest BCUT2D eigenvalue weighted by atomic mass is 19.1. The average Bonchev–Trinajstić information content (AvgIpc) is 3.02. The number of benzene rings is 3. The van der Waals surface area contributed by atoms with Gasteiger partial charge in [-0.15, -0.1) is 0 Å². The molecule has 3 aromatic carbocycles. The Labute approximate surface area is 176 Å². The second kappa shape index (κ2) is 7.95. The third kappa shape index (κ3) is 3.85. The minimum Gasteiger partial charge on any atom is -0.454 e. The number of ketones is 1. The van der Waals surface area contributed by atoms with E-state index in [9.17, 15) is 23.6 Å². The van der Waals surface area contributed by atoms with Crippen LogP contribution in [0.4, 0.5) is 10.1 Å². The number of rotatable bonds is 5. The molecule has 0 aromatic heterocycles. The minimum absolute atomic E-state index is 0.0358. The predicted octanol–water partition coefficient (Wildman–Crippen LogP) is 3.97. The summed E-state index contributed by atoms with van der Waals surface area (Å²) in [5, 5.41) is 0. The van der Waals surface area contributed by atoms with Crippen molar-refractivity contribution < 1.29 is 28.3 Å². The van der Waals surface area contributed by atoms with Crippen molar-refractivity contribution in [2.24, 2.45) is 0 Å². The van der Waals surface area contributed by atoms with E-state index < -0.39 is 30.2 Å². The molecule has 154 valence electrons. The molecular formula is C24H16FNO5. The summed E-state index contributed by atoms with van der Waals surface area (Å²) in [4.78, 5) is 50.9. The molecule has 1 heterocycles. The van der Waals surface area contributed by atoms with E-state index in [4.69, 9.17) is 4.74 Å². The van der Waals surface area contributed by atoms with Gasteiger partial charge in [-0.2, -0.15) is 0 Å². The Balaban J connectivity index is 1.50. The maximum absolute atomic E-state index is 13.2. The fourth-order valence-corrected chi connectivity index (χ4v) is 3.23. The zero-order valence-electron chi connectivity index (χ0n) is 16.4. The van der Waals surface area contributed by atoms with Crippen molar-refractivity contribution in [1.29, 1.82) is 0 Å². The lowest BCUT2D eigenvalue weighted by molar-refractivity contribution is 0.0474. The van der Waals surface area contributed by atoms with E-state index in [2.05, 4.69) is 0 Å². The summed E-state index contributed by atoms with van der Waals surface area (Å²) < 4.78 is 18.2. The van der Waals surface area contributed by atoms with Crippen molar-refractivity contribution in [2.45, 2.75) is 6.92 Å². The number of anilines is 1. The van der Waals surface area contributed by atoms with Gasteiger partial charge in [0.1, 0.15) is 5.82 Å². The molecule has 1 aliphatic heterocycles. The number of ether oxygens (including phenoxy) is 1. The third-order valence-corrected chi connectivity index (χ3v) is 4.91. The Morgan fingerprint density at radius 3 is 2.13 bits per heavy atom. The van der Waals surface area contributed by atoms with Crippen LogP contribution in [-0.2, 0) is 4.74 Å². The first kappa shape index (κ1) is 20.2. The van der Waals surface area contributed by atoms with E-state index in [0.717, 1.165) is 22.6 Å². The van der Waals surface area contributed by atoms with Crippen LogP contribution in [0.2, 0.25) is 0 Å². The molecule has 1 aliphatic rings. The summed E-state index contributed by atoms with van der Waals surface area (Å²) in [6, 6.07) is 15.8. The standard InChI is InChI=1S/C24H16FNO5/c1-14-2-4-15(5-3-14)21(27)13-31-24(30)16-6-11-19-20(12-16)23(29)26(22(19)28)18-9-7-17(25)8-10-18/h2-12H,13H2,1H3. The Hall–Kier alpha value is -4.13. The van der Waals surface area contributed by atoms with Gasteiger partial charge >= 0.3 is 5.97 Å². The minimum atomic E-state index is -0.788. The monoisotopic (exact) mass is 417 g/mol. The first-order valence-electron chi connectivity index (χ1n) is 9.40. The van der Waals surface area contributed by atoms with E-state index in [-0.39, 0.29) is 28.2 Å². The van der Waals surface area contributed by atoms with Crippen LogP contribution in [0.3, 0.4) is 0 Å². The van der Waals surface area contributed by atoms with Crippen LogP contribution in [-0.4, -0.2) is 30.2 Å². The van der Waals surface area contributed by atoms with Crippen molar-refractivity contribution in [3.8, 4) is 0 Å². The van der Waals surface area contributed by atoms with Gasteiger partial charge in [-0.05, 0) is 49.4 Å². The third-order valence-electron chi connectivity index (χ3n) is 4.91. The second-order valence-electron chi connectivity index (χ2n) is 7.05. The number of carbonyl (C=O) groups is 4. The second-order valence-corrected chi connectivity index (χ2v) is 7.05. The molecule has 0 radical (unpaired) electrons. The van der Waals surface area contributed by atoms with Gasteiger partial charge in [0.2, 0.25) is 0 Å². The normalized spacial score (nSPS) is 12.6. The topological polar surface area (TPSA) is 80.8 Å². The van der Waals surface area contributed by atoms with E-state index >= 15 is 0 Å². The van der Waals surface area contributed by atoms with Crippen LogP contribution in [0.5, 0.6) is 0 Å². The maximum Gasteiger partial charge on any atom is 0.338 e. The molecule has 4 rings (SSSR count). The molecule has 7 heteroatoms. The Morgan fingerprint density at radius 2 is 1.45 bits per heavy atom. The van der Waals surface area contributed by atoms with Gasteiger partial charge in [0.15, 0.2) is 12.4 Å². The maximum atomic E-state index is 13.2. The van der Waals surface area contributed by atoms with E-state index in [1.54, 1.807) is 24.3 Å². The highest BCUT2D eigenvalue weighted by molar-refractivity contribution is 6.34. The highest BCUT2D eigenvalue weighted by Crippen LogP contribution is 2.29. The van der Waals surface area contributed by atoms with Gasteiger partial charge in [-0.3, -0.25) is 14.4 Å². The molecule has 0 aliphatic carbocycles. The van der Waals surface area contributed by atoms with Crippen LogP contribution in [0.1, 0.15) is 47.0 Å². The fourth-order valence-electron chi connectivity index (χ4n) is 3.23. The van der Waals surface area contributed by atoms with Gasteiger partial charge in [0, 0.05) is 5.56 Å². The molecule has 31 heavy (non-hydrogen) atoms. The molecule has 0 bridgehead atoms. The molecule has 2 amide bonds. The van der Waals surface area contributed by atoms with Crippen LogP contribution in [0.15, 0.2) is 66.7 Å². The lowest BCUT2D eigenvalue weighted by Gasteiger charge is -2.13. The number of hydrogen-bond donors (Lipinski definition) is 0. The van der Waals surface area contributed by atoms with E-state index in [1.165, 1.54) is 30.3 Å². The number of esters is 1. The molecule has 0 atom stereocenters. The number of imide groups is 1. The van der Waals surface area contributed by atoms with Gasteiger partial charge < -0.3 is 4.74 Å². The Bertz CT molecular complexity index is 1220. The van der Waals surface area contributed by atoms with Gasteiger partial charge in [-0.25, -0.2) is 14.1 Å². The first-order chi connectivity index (χ1) is 14.8. The Morgan fingerprint density at radius 1 is 0.839 bits per heavy atom. The summed E-state index contributed by atoms with van der Waals surface area (Å²) in [7, 11) is 0. The van der Waals surface area contributed by atoms with Gasteiger partial charge in [-0.1, -0.05) is 29.8 Å². The summed E-state index contributed by atoms with van der Waals surface area (Å²) in [5.74, 6) is -2.84. The molecule has 0 saturated carbocycles. The number of amides is 2. The molecule has 6 nitrogen and oxygen atoms in total. The smallest absolute Gasteiger partial charge is 0.338 e. The molecule has 0 saturated heterocycles. The van der Waals surface area contributed by atoms with Crippen LogP contribution in [0, 0.1) is 12.7 Å². The van der Waals surface area contributed by atoms with Crippen LogP contribution < -0.4 is 4.90 Å². The number of nitrogens with zero attached hydrogens (tertiary/aromatic N) is 1. The summed E-state index contributed by atoms with van der Waals surface area (Å²) in [6.07, 6.45) is 0. The van der Waals surface area contributed by atoms with Crippen molar-refractivity contribution in [3.05, 3.63) is 100 Å². The molecule has 3 aromatic rings. The van der Waals surface area contributed by atoms with Crippen molar-refractivity contribution in [1.82, 2.24) is 0 Å². The largest absolute Gasteiger partial charge is 0.454 e. The zero-order valence-corrected chi connectivity index (χ0v) is 16.4. The van der Waals surface area contributed by atoms with E-state index in [0.29, 0.717) is 5.56 Å². The van der Waals surface area contributed by atoms with Crippen molar-refractivity contribution in [2.75, 3.05) is 11.5 Å². The number of fused-ring (bicyclic) bond motifs is 1. The zero-order chi connectivity index (χ0) is 22.1. The number of halogens is 1. The quantitative estimate of drug-likeness (QED) is 0.356. The SMILES string of the molecule is Cc1ccc(C(=O)COC(=O)c2ccc3c(c2)C(=O)N(c2ccc(F)cc2)C3=O)cc1. The number of Topliss-reactive ketones (excluding diaryl/α,β-unsaturated/α-hetero) is 1. The Kier molecular flexibility index (Phi) is 5.17. The fraction of sp³-hybridized carbons (Fsp3) is 0.0833. The molecule has 0 fully saturated rings. The van der Waals surface area contributed by atoms with Gasteiger partial charge in [0.05, 0.1) is 22.4 Å². The van der Waals surface area contributed by atoms with Gasteiger partial charge in [0.25, 0.3) is 11.8 Å². The summed E-state index contributed by atoms with van der Waals surface area (Å²) >= 11 is 0. The predicted molar refractivity (Wildman–Crippen MR) is 110 cm³/mol. The summed E-state index contributed by atoms with van der Waals surface area (Å²) in [6.45, 7) is 1.44. The van der Waals surface area contributed by atoms with Crippen molar-refractivity contribution in [3.63, 3.8) is 0 Å². The van der Waals surface area contributed by atoms with Crippen LogP contribution >= 0.6 is 0 Å². The molecule has 0 unspecified atom stereocenters. The molecular weight excluding hydrogens is 401 g/mol. The number of hydrogen-bond acceptors (Lipinski definition) is 5. The lowest BCUT2D eigenvalue weighted by atomic mass is 10.1. The van der Waals surface area contributed by atoms with Crippen LogP contribution in [0.25, 0.3) is 0 Å². The molecule has 0 spiro atoms. The first-order valence-corrected chi connectivity index (χ1v) is 9.40. The lowest BCUT2D eigenvalue weighted by Crippen LogP contribution is -2.29.